The summed E-state index contributed by atoms with van der Waals surface area (Å²) in [5.74, 6) is -2.15. The maximum Gasteiger partial charge on any atom is 0.188 e. The fraction of sp³-hybridized carbons (Fsp3) is 0.462. The number of alkyl halides is 2. The van der Waals surface area contributed by atoms with Gasteiger partial charge in [0.15, 0.2) is 17.3 Å². The van der Waals surface area contributed by atoms with Crippen molar-refractivity contribution in [1.29, 1.82) is 0 Å². The van der Waals surface area contributed by atoms with E-state index in [1.807, 2.05) is 0 Å². The SMILES string of the molecule is C[C@@]1(c2cc(N)cc(F)c2F)CC[C@](F)(CF)C(=S)N1. The van der Waals surface area contributed by atoms with E-state index in [-0.39, 0.29) is 29.1 Å². The summed E-state index contributed by atoms with van der Waals surface area (Å²) in [5, 5.41) is 2.60. The third-order valence-corrected chi connectivity index (χ3v) is 4.14. The van der Waals surface area contributed by atoms with E-state index in [1.54, 1.807) is 6.92 Å². The summed E-state index contributed by atoms with van der Waals surface area (Å²) in [6.45, 7) is 0.303. The van der Waals surface area contributed by atoms with Gasteiger partial charge in [-0.25, -0.2) is 17.6 Å². The average Bonchev–Trinajstić information content (AvgIpc) is 2.39. The first-order valence-corrected chi connectivity index (χ1v) is 6.45. The third kappa shape index (κ3) is 2.34. The van der Waals surface area contributed by atoms with E-state index in [9.17, 15) is 17.6 Å². The lowest BCUT2D eigenvalue weighted by Crippen LogP contribution is -2.57. The molecular weight excluding hydrogens is 292 g/mol. The molecule has 0 aromatic heterocycles. The van der Waals surface area contributed by atoms with Crippen LogP contribution in [0.1, 0.15) is 25.3 Å². The number of hydrogen-bond acceptors (Lipinski definition) is 2. The van der Waals surface area contributed by atoms with Crippen LogP contribution in [-0.4, -0.2) is 17.3 Å². The fourth-order valence-electron chi connectivity index (χ4n) is 2.33. The molecule has 0 aliphatic carbocycles. The van der Waals surface area contributed by atoms with Gasteiger partial charge in [0, 0.05) is 11.3 Å². The highest BCUT2D eigenvalue weighted by atomic mass is 32.1. The van der Waals surface area contributed by atoms with Gasteiger partial charge in [-0.05, 0) is 31.9 Å². The van der Waals surface area contributed by atoms with E-state index in [4.69, 9.17) is 18.0 Å². The van der Waals surface area contributed by atoms with Crippen LogP contribution in [0.5, 0.6) is 0 Å². The Kier molecular flexibility index (Phi) is 3.66. The molecular formula is C13H14F4N2S. The molecule has 20 heavy (non-hydrogen) atoms. The van der Waals surface area contributed by atoms with E-state index in [0.717, 1.165) is 6.07 Å². The number of thiocarbonyl (C=S) groups is 1. The van der Waals surface area contributed by atoms with Crippen molar-refractivity contribution in [3.63, 3.8) is 0 Å². The van der Waals surface area contributed by atoms with Crippen LogP contribution in [-0.2, 0) is 5.54 Å². The van der Waals surface area contributed by atoms with E-state index in [2.05, 4.69) is 5.32 Å². The molecule has 1 aromatic rings. The Labute approximate surface area is 119 Å². The lowest BCUT2D eigenvalue weighted by Gasteiger charge is -2.42. The molecule has 0 radical (unpaired) electrons. The van der Waals surface area contributed by atoms with Crippen LogP contribution in [0, 0.1) is 11.6 Å². The van der Waals surface area contributed by atoms with Crippen LogP contribution in [0.4, 0.5) is 23.2 Å². The van der Waals surface area contributed by atoms with Gasteiger partial charge in [0.2, 0.25) is 0 Å². The van der Waals surface area contributed by atoms with Gasteiger partial charge < -0.3 is 11.1 Å². The minimum Gasteiger partial charge on any atom is -0.399 e. The van der Waals surface area contributed by atoms with E-state index in [1.165, 1.54) is 6.07 Å². The van der Waals surface area contributed by atoms with Gasteiger partial charge in [-0.1, -0.05) is 12.2 Å². The van der Waals surface area contributed by atoms with Gasteiger partial charge in [-0.2, -0.15) is 0 Å². The van der Waals surface area contributed by atoms with Gasteiger partial charge in [0.05, 0.1) is 5.54 Å². The van der Waals surface area contributed by atoms with E-state index < -0.39 is 29.5 Å². The second-order valence-electron chi connectivity index (χ2n) is 5.25. The first kappa shape index (κ1) is 15.0. The molecule has 0 spiro atoms. The summed E-state index contributed by atoms with van der Waals surface area (Å²) in [6.07, 6.45) is -0.144. The molecule has 2 atom stereocenters. The average molecular weight is 306 g/mol. The summed E-state index contributed by atoms with van der Waals surface area (Å²) in [6, 6.07) is 2.14. The quantitative estimate of drug-likeness (QED) is 0.501. The van der Waals surface area contributed by atoms with Gasteiger partial charge in [0.1, 0.15) is 11.7 Å². The second-order valence-corrected chi connectivity index (χ2v) is 5.66. The number of nitrogens with one attached hydrogen (secondary N) is 1. The molecule has 1 fully saturated rings. The number of benzene rings is 1. The first-order chi connectivity index (χ1) is 9.22. The molecule has 2 rings (SSSR count). The highest BCUT2D eigenvalue weighted by Crippen LogP contribution is 2.39. The van der Waals surface area contributed by atoms with Gasteiger partial charge in [0.25, 0.3) is 0 Å². The molecule has 1 saturated heterocycles. The zero-order valence-corrected chi connectivity index (χ0v) is 11.6. The van der Waals surface area contributed by atoms with Crippen molar-refractivity contribution in [2.45, 2.75) is 31.0 Å². The summed E-state index contributed by atoms with van der Waals surface area (Å²) < 4.78 is 54.1. The number of hydrogen-bond donors (Lipinski definition) is 2. The smallest absolute Gasteiger partial charge is 0.188 e. The van der Waals surface area contributed by atoms with Crippen molar-refractivity contribution in [2.24, 2.45) is 0 Å². The Morgan fingerprint density at radius 1 is 1.35 bits per heavy atom. The normalized spacial score (nSPS) is 30.1. The Morgan fingerprint density at radius 2 is 2.00 bits per heavy atom. The van der Waals surface area contributed by atoms with Crippen molar-refractivity contribution < 1.29 is 17.6 Å². The largest absolute Gasteiger partial charge is 0.399 e. The van der Waals surface area contributed by atoms with Gasteiger partial charge in [-0.3, -0.25) is 0 Å². The molecule has 3 N–H and O–H groups in total. The zero-order chi connectivity index (χ0) is 15.1. The molecule has 1 aromatic carbocycles. The molecule has 1 aliphatic heterocycles. The van der Waals surface area contributed by atoms with Gasteiger partial charge >= 0.3 is 0 Å². The summed E-state index contributed by atoms with van der Waals surface area (Å²) in [5.41, 5.74) is 2.15. The number of nitrogen functional groups attached to an aromatic ring is 1. The van der Waals surface area contributed by atoms with Crippen molar-refractivity contribution >= 4 is 22.9 Å². The highest BCUT2D eigenvalue weighted by Gasteiger charge is 2.46. The van der Waals surface area contributed by atoms with Crippen LogP contribution in [0.15, 0.2) is 12.1 Å². The summed E-state index contributed by atoms with van der Waals surface area (Å²) in [4.78, 5) is -0.337. The maximum absolute atomic E-state index is 14.0. The first-order valence-electron chi connectivity index (χ1n) is 6.04. The number of halogens is 4. The van der Waals surface area contributed by atoms with Crippen LogP contribution < -0.4 is 11.1 Å². The number of rotatable bonds is 2. The molecule has 1 aliphatic rings. The molecule has 1 heterocycles. The van der Waals surface area contributed by atoms with Crippen LogP contribution in [0.25, 0.3) is 0 Å². The Balaban J connectivity index is 2.41. The molecule has 0 bridgehead atoms. The number of piperidine rings is 1. The highest BCUT2D eigenvalue weighted by molar-refractivity contribution is 7.80. The summed E-state index contributed by atoms with van der Waals surface area (Å²) in [7, 11) is 0. The predicted molar refractivity (Wildman–Crippen MR) is 72.9 cm³/mol. The Morgan fingerprint density at radius 3 is 2.55 bits per heavy atom. The van der Waals surface area contributed by atoms with E-state index >= 15 is 0 Å². The monoisotopic (exact) mass is 306 g/mol. The van der Waals surface area contributed by atoms with Crippen molar-refractivity contribution in [2.75, 3.05) is 12.4 Å². The Bertz CT molecular complexity index is 566. The van der Waals surface area contributed by atoms with Crippen LogP contribution in [0.3, 0.4) is 0 Å². The maximum atomic E-state index is 14.0. The van der Waals surface area contributed by atoms with Crippen molar-refractivity contribution in [1.82, 2.24) is 5.32 Å². The zero-order valence-electron chi connectivity index (χ0n) is 10.8. The molecule has 110 valence electrons. The minimum atomic E-state index is -2.25. The molecule has 2 nitrogen and oxygen atoms in total. The minimum absolute atomic E-state index is 0.0433. The predicted octanol–water partition coefficient (Wildman–Crippen LogP) is 3.15. The standard InChI is InChI=1S/C13H14F4N2S/c1-12(2-3-13(17,6-14)11(20)19-12)8-4-7(18)5-9(15)10(8)16/h4-5H,2-3,6,18H2,1H3,(H,19,20)/t12-,13-/m0/s1. The van der Waals surface area contributed by atoms with Crippen molar-refractivity contribution in [3.05, 3.63) is 29.3 Å². The third-order valence-electron chi connectivity index (χ3n) is 3.67. The molecule has 0 amide bonds. The second kappa shape index (κ2) is 4.87. The molecule has 7 heteroatoms. The summed E-state index contributed by atoms with van der Waals surface area (Å²) >= 11 is 4.82. The number of nitrogens with two attached hydrogens (primary N) is 1. The topological polar surface area (TPSA) is 38.0 Å². The lowest BCUT2D eigenvalue weighted by atomic mass is 9.79. The number of anilines is 1. The van der Waals surface area contributed by atoms with E-state index in [0.29, 0.717) is 0 Å². The van der Waals surface area contributed by atoms with Crippen molar-refractivity contribution in [3.8, 4) is 0 Å². The molecule has 0 unspecified atom stereocenters. The lowest BCUT2D eigenvalue weighted by molar-refractivity contribution is 0.138. The fourth-order valence-corrected chi connectivity index (χ4v) is 2.71. The van der Waals surface area contributed by atoms with Crippen LogP contribution >= 0.6 is 12.2 Å². The molecule has 0 saturated carbocycles. The Hall–Kier alpha value is -1.37. The van der Waals surface area contributed by atoms with Crippen LogP contribution in [0.2, 0.25) is 0 Å². The van der Waals surface area contributed by atoms with Gasteiger partial charge in [-0.15, -0.1) is 0 Å².